The van der Waals surface area contributed by atoms with Gasteiger partial charge in [0, 0.05) is 17.1 Å². The van der Waals surface area contributed by atoms with E-state index >= 15 is 0 Å². The van der Waals surface area contributed by atoms with Crippen molar-refractivity contribution < 1.29 is 13.2 Å². The van der Waals surface area contributed by atoms with E-state index < -0.39 is 11.7 Å². The maximum atomic E-state index is 12.3. The molecule has 1 nitrogen and oxygen atoms in total. The minimum Gasteiger partial charge on any atom is -0.243 e. The predicted octanol–water partition coefficient (Wildman–Crippen LogP) is 4.16. The van der Waals surface area contributed by atoms with Crippen LogP contribution in [0.4, 0.5) is 13.2 Å². The molecule has 15 heavy (non-hydrogen) atoms. The number of nitrogens with zero attached hydrogens (tertiary/aromatic N) is 1. The highest BCUT2D eigenvalue weighted by atomic mass is 79.9. The Bertz CT molecular complexity index is 376. The summed E-state index contributed by atoms with van der Waals surface area (Å²) in [5.74, 6) is 0. The number of halogens is 5. The van der Waals surface area contributed by atoms with Crippen molar-refractivity contribution in [2.75, 3.05) is 5.33 Å². The number of hydrogen-bond acceptors (Lipinski definition) is 1. The van der Waals surface area contributed by atoms with Crippen LogP contribution in [0.15, 0.2) is 18.3 Å². The molecule has 1 heterocycles. The number of alkyl halides is 4. The van der Waals surface area contributed by atoms with Crippen LogP contribution in [0, 0.1) is 0 Å². The van der Waals surface area contributed by atoms with E-state index in [1.54, 1.807) is 6.08 Å². The quantitative estimate of drug-likeness (QED) is 0.590. The summed E-state index contributed by atoms with van der Waals surface area (Å²) in [7, 11) is 0. The van der Waals surface area contributed by atoms with Crippen LogP contribution in [0.5, 0.6) is 0 Å². The number of aromatic nitrogens is 1. The summed E-state index contributed by atoms with van der Waals surface area (Å²) in [5.41, 5.74) is -0.549. The summed E-state index contributed by atoms with van der Waals surface area (Å²) in [4.78, 5) is 3.48. The molecule has 0 aliphatic rings. The lowest BCUT2D eigenvalue weighted by Crippen LogP contribution is -2.05. The van der Waals surface area contributed by atoms with Gasteiger partial charge in [-0.25, -0.2) is 4.98 Å². The zero-order chi connectivity index (χ0) is 11.5. The van der Waals surface area contributed by atoms with Gasteiger partial charge >= 0.3 is 6.18 Å². The second-order valence-corrected chi connectivity index (χ2v) is 3.66. The van der Waals surface area contributed by atoms with Crippen molar-refractivity contribution >= 4 is 33.6 Å². The first-order chi connectivity index (χ1) is 6.95. The zero-order valence-electron chi connectivity index (χ0n) is 7.35. The molecule has 82 valence electrons. The fraction of sp³-hybridized carbons (Fsp3) is 0.222. The molecular weight excluding hydrogens is 294 g/mol. The minimum atomic E-state index is -4.39. The number of hydrogen-bond donors (Lipinski definition) is 0. The molecule has 0 bridgehead atoms. The lowest BCUT2D eigenvalue weighted by molar-refractivity contribution is -0.137. The SMILES string of the molecule is FC(F)(F)c1cnc(Cl)c(C=CCBr)c1. The fourth-order valence-electron chi connectivity index (χ4n) is 0.909. The van der Waals surface area contributed by atoms with E-state index in [-0.39, 0.29) is 10.7 Å². The molecule has 0 radical (unpaired) electrons. The monoisotopic (exact) mass is 299 g/mol. The lowest BCUT2D eigenvalue weighted by Gasteiger charge is -2.07. The zero-order valence-corrected chi connectivity index (χ0v) is 9.70. The third-order valence-corrected chi connectivity index (χ3v) is 2.27. The minimum absolute atomic E-state index is 0.0557. The predicted molar refractivity (Wildman–Crippen MR) is 57.1 cm³/mol. The van der Waals surface area contributed by atoms with Crippen LogP contribution in [0.3, 0.4) is 0 Å². The second kappa shape index (κ2) is 4.99. The van der Waals surface area contributed by atoms with E-state index in [4.69, 9.17) is 11.6 Å². The molecule has 0 fully saturated rings. The third kappa shape index (κ3) is 3.50. The molecule has 0 spiro atoms. The molecule has 0 N–H and O–H groups in total. The Morgan fingerprint density at radius 2 is 2.13 bits per heavy atom. The summed E-state index contributed by atoms with van der Waals surface area (Å²) in [6, 6.07) is 0.967. The van der Waals surface area contributed by atoms with Crippen LogP contribution in [0.2, 0.25) is 5.15 Å². The van der Waals surface area contributed by atoms with Crippen LogP contribution >= 0.6 is 27.5 Å². The van der Waals surface area contributed by atoms with Gasteiger partial charge in [-0.3, -0.25) is 0 Å². The Kier molecular flexibility index (Phi) is 4.16. The van der Waals surface area contributed by atoms with Gasteiger partial charge in [0.25, 0.3) is 0 Å². The van der Waals surface area contributed by atoms with Crippen LogP contribution in [-0.2, 0) is 6.18 Å². The van der Waals surface area contributed by atoms with E-state index in [1.807, 2.05) is 0 Å². The van der Waals surface area contributed by atoms with Gasteiger partial charge in [0.2, 0.25) is 0 Å². The van der Waals surface area contributed by atoms with Crippen molar-refractivity contribution in [3.05, 3.63) is 34.6 Å². The summed E-state index contributed by atoms with van der Waals surface area (Å²) in [6.07, 6.45) is -0.551. The Morgan fingerprint density at radius 3 is 2.67 bits per heavy atom. The van der Waals surface area contributed by atoms with E-state index in [0.717, 1.165) is 6.07 Å². The molecule has 0 aliphatic carbocycles. The molecule has 0 saturated carbocycles. The highest BCUT2D eigenvalue weighted by Gasteiger charge is 2.31. The highest BCUT2D eigenvalue weighted by Crippen LogP contribution is 2.30. The number of rotatable bonds is 2. The van der Waals surface area contributed by atoms with Crippen molar-refractivity contribution in [3.63, 3.8) is 0 Å². The highest BCUT2D eigenvalue weighted by molar-refractivity contribution is 9.09. The lowest BCUT2D eigenvalue weighted by atomic mass is 10.2. The molecule has 1 rings (SSSR count). The normalized spacial score (nSPS) is 12.3. The van der Waals surface area contributed by atoms with Crippen molar-refractivity contribution in [3.8, 4) is 0 Å². The van der Waals surface area contributed by atoms with Crippen LogP contribution in [0.25, 0.3) is 6.08 Å². The molecular formula is C9H6BrClF3N. The Labute approximate surface area is 98.1 Å². The van der Waals surface area contributed by atoms with Crippen LogP contribution < -0.4 is 0 Å². The van der Waals surface area contributed by atoms with E-state index in [1.165, 1.54) is 6.08 Å². The first-order valence-corrected chi connectivity index (χ1v) is 5.40. The van der Waals surface area contributed by atoms with Crippen molar-refractivity contribution in [2.45, 2.75) is 6.18 Å². The maximum absolute atomic E-state index is 12.3. The largest absolute Gasteiger partial charge is 0.417 e. The average Bonchev–Trinajstić information content (AvgIpc) is 2.15. The topological polar surface area (TPSA) is 12.9 Å². The maximum Gasteiger partial charge on any atom is 0.417 e. The molecule has 0 unspecified atom stereocenters. The standard InChI is InChI=1S/C9H6BrClF3N/c10-3-1-2-6-4-7(9(12,13)14)5-15-8(6)11/h1-2,4-5H,3H2. The fourth-order valence-corrected chi connectivity index (χ4v) is 1.26. The molecule has 6 heteroatoms. The Balaban J connectivity index is 3.11. The molecule has 0 amide bonds. The molecule has 1 aromatic rings. The molecule has 0 saturated heterocycles. The van der Waals surface area contributed by atoms with E-state index in [9.17, 15) is 13.2 Å². The van der Waals surface area contributed by atoms with Gasteiger partial charge in [-0.05, 0) is 6.07 Å². The Hall–Kier alpha value is -0.550. The van der Waals surface area contributed by atoms with Gasteiger partial charge in [-0.2, -0.15) is 13.2 Å². The molecule has 0 atom stereocenters. The average molecular weight is 301 g/mol. The van der Waals surface area contributed by atoms with Crippen molar-refractivity contribution in [2.24, 2.45) is 0 Å². The Morgan fingerprint density at radius 1 is 1.47 bits per heavy atom. The van der Waals surface area contributed by atoms with Gasteiger partial charge in [-0.1, -0.05) is 39.7 Å². The molecule has 0 aromatic carbocycles. The summed E-state index contributed by atoms with van der Waals surface area (Å²) >= 11 is 8.75. The first-order valence-electron chi connectivity index (χ1n) is 3.90. The number of allylic oxidation sites excluding steroid dienone is 1. The van der Waals surface area contributed by atoms with Gasteiger partial charge in [0.15, 0.2) is 0 Å². The van der Waals surface area contributed by atoms with Gasteiger partial charge < -0.3 is 0 Å². The summed E-state index contributed by atoms with van der Waals surface area (Å²) < 4.78 is 36.9. The van der Waals surface area contributed by atoms with E-state index in [2.05, 4.69) is 20.9 Å². The smallest absolute Gasteiger partial charge is 0.243 e. The third-order valence-electron chi connectivity index (χ3n) is 1.58. The van der Waals surface area contributed by atoms with Crippen LogP contribution in [-0.4, -0.2) is 10.3 Å². The second-order valence-electron chi connectivity index (χ2n) is 2.66. The summed E-state index contributed by atoms with van der Waals surface area (Å²) in [6.45, 7) is 0. The van der Waals surface area contributed by atoms with E-state index in [0.29, 0.717) is 11.5 Å². The van der Waals surface area contributed by atoms with Crippen LogP contribution in [0.1, 0.15) is 11.1 Å². The van der Waals surface area contributed by atoms with Gasteiger partial charge in [-0.15, -0.1) is 0 Å². The first kappa shape index (κ1) is 12.5. The van der Waals surface area contributed by atoms with Crippen molar-refractivity contribution in [1.29, 1.82) is 0 Å². The summed E-state index contributed by atoms with van der Waals surface area (Å²) in [5, 5.41) is 0.597. The van der Waals surface area contributed by atoms with Gasteiger partial charge in [0.05, 0.1) is 5.56 Å². The van der Waals surface area contributed by atoms with Crippen molar-refractivity contribution in [1.82, 2.24) is 4.98 Å². The molecule has 1 aromatic heterocycles. The number of pyridine rings is 1. The van der Waals surface area contributed by atoms with Gasteiger partial charge in [0.1, 0.15) is 5.15 Å². The molecule has 0 aliphatic heterocycles.